The Morgan fingerprint density at radius 2 is 1.93 bits per heavy atom. The number of halogens is 1. The summed E-state index contributed by atoms with van der Waals surface area (Å²) < 4.78 is 28.7. The predicted molar refractivity (Wildman–Crippen MR) is 92.4 cm³/mol. The average Bonchev–Trinajstić information content (AvgIpc) is 3.34. The minimum absolute atomic E-state index is 0.130. The molecule has 138 valence electrons. The first-order chi connectivity index (χ1) is 13.2. The molecule has 1 aliphatic heterocycles. The van der Waals surface area contributed by atoms with Crippen LogP contribution in [0.25, 0.3) is 11.4 Å². The molecular weight excluding hydrogens is 353 g/mol. The zero-order valence-electron chi connectivity index (χ0n) is 14.3. The van der Waals surface area contributed by atoms with Gasteiger partial charge in [-0.3, -0.25) is 4.79 Å². The zero-order valence-corrected chi connectivity index (χ0v) is 14.3. The molecule has 0 spiro atoms. The molecule has 1 N–H and O–H groups in total. The van der Waals surface area contributed by atoms with Crippen LogP contribution in [0.3, 0.4) is 0 Å². The van der Waals surface area contributed by atoms with Crippen molar-refractivity contribution in [2.75, 3.05) is 6.79 Å². The summed E-state index contributed by atoms with van der Waals surface area (Å²) in [5.41, 5.74) is 1.63. The van der Waals surface area contributed by atoms with Gasteiger partial charge in [0.1, 0.15) is 5.82 Å². The number of fused-ring (bicyclic) bond motifs is 1. The quantitative estimate of drug-likeness (QED) is 0.719. The molecule has 3 aromatic rings. The van der Waals surface area contributed by atoms with Gasteiger partial charge in [0, 0.05) is 12.0 Å². The Morgan fingerprint density at radius 3 is 2.78 bits per heavy atom. The third-order valence-electron chi connectivity index (χ3n) is 4.09. The zero-order chi connectivity index (χ0) is 18.6. The van der Waals surface area contributed by atoms with Gasteiger partial charge in [0.2, 0.25) is 24.4 Å². The fourth-order valence-electron chi connectivity index (χ4n) is 2.66. The van der Waals surface area contributed by atoms with Crippen molar-refractivity contribution in [2.24, 2.45) is 0 Å². The summed E-state index contributed by atoms with van der Waals surface area (Å²) in [7, 11) is 0. The van der Waals surface area contributed by atoms with E-state index in [2.05, 4.69) is 15.5 Å². The van der Waals surface area contributed by atoms with Crippen LogP contribution in [-0.2, 0) is 17.8 Å². The summed E-state index contributed by atoms with van der Waals surface area (Å²) in [4.78, 5) is 16.2. The van der Waals surface area contributed by atoms with Gasteiger partial charge in [0.25, 0.3) is 0 Å². The van der Waals surface area contributed by atoms with Gasteiger partial charge in [-0.25, -0.2) is 4.39 Å². The molecule has 27 heavy (non-hydrogen) atoms. The van der Waals surface area contributed by atoms with Gasteiger partial charge in [-0.1, -0.05) is 11.2 Å². The summed E-state index contributed by atoms with van der Waals surface area (Å²) in [6, 6.07) is 11.4. The number of ether oxygens (including phenoxy) is 2. The first kappa shape index (κ1) is 17.0. The van der Waals surface area contributed by atoms with Crippen LogP contribution in [0.15, 0.2) is 47.0 Å². The maximum absolute atomic E-state index is 13.0. The Bertz CT molecular complexity index is 956. The second-order valence-electron chi connectivity index (χ2n) is 5.98. The first-order valence-electron chi connectivity index (χ1n) is 8.41. The molecule has 2 heterocycles. The molecule has 1 aliphatic rings. The van der Waals surface area contributed by atoms with Gasteiger partial charge >= 0.3 is 0 Å². The molecule has 1 aromatic heterocycles. The summed E-state index contributed by atoms with van der Waals surface area (Å²) in [5.74, 6) is 1.58. The lowest BCUT2D eigenvalue weighted by Gasteiger charge is -2.04. The number of carbonyl (C=O) groups is 1. The SMILES string of the molecule is O=C(CCc1ccc2c(c1)OCO2)NCc1nc(-c2ccc(F)cc2)no1. The second-order valence-corrected chi connectivity index (χ2v) is 5.98. The molecule has 4 rings (SSSR count). The molecule has 0 saturated heterocycles. The largest absolute Gasteiger partial charge is 0.454 e. The lowest BCUT2D eigenvalue weighted by atomic mass is 10.1. The Kier molecular flexibility index (Phi) is 4.69. The molecule has 1 amide bonds. The predicted octanol–water partition coefficient (Wildman–Crippen LogP) is 2.85. The van der Waals surface area contributed by atoms with Crippen LogP contribution in [0.4, 0.5) is 4.39 Å². The highest BCUT2D eigenvalue weighted by Gasteiger charge is 2.14. The molecule has 0 saturated carbocycles. The molecule has 0 unspecified atom stereocenters. The number of aryl methyl sites for hydroxylation is 1. The summed E-state index contributed by atoms with van der Waals surface area (Å²) in [6.45, 7) is 0.359. The molecule has 0 radical (unpaired) electrons. The first-order valence-corrected chi connectivity index (χ1v) is 8.41. The van der Waals surface area contributed by atoms with Gasteiger partial charge in [-0.2, -0.15) is 4.98 Å². The highest BCUT2D eigenvalue weighted by Crippen LogP contribution is 2.32. The summed E-state index contributed by atoms with van der Waals surface area (Å²) in [5, 5.41) is 6.58. The minimum Gasteiger partial charge on any atom is -0.454 e. The third-order valence-corrected chi connectivity index (χ3v) is 4.09. The van der Waals surface area contributed by atoms with Crippen LogP contribution in [0, 0.1) is 5.82 Å². The maximum atomic E-state index is 13.0. The number of hydrogen-bond donors (Lipinski definition) is 1. The van der Waals surface area contributed by atoms with E-state index in [1.54, 1.807) is 12.1 Å². The number of hydrogen-bond acceptors (Lipinski definition) is 6. The molecule has 0 atom stereocenters. The standard InChI is InChI=1S/C19H16FN3O4/c20-14-5-3-13(4-6-14)19-22-18(27-23-19)10-21-17(24)8-2-12-1-7-15-16(9-12)26-11-25-15/h1,3-7,9H,2,8,10-11H2,(H,21,24). The van der Waals surface area contributed by atoms with Gasteiger partial charge in [0.15, 0.2) is 11.5 Å². The molecule has 0 aliphatic carbocycles. The smallest absolute Gasteiger partial charge is 0.246 e. The van der Waals surface area contributed by atoms with Gasteiger partial charge < -0.3 is 19.3 Å². The minimum atomic E-state index is -0.336. The fraction of sp³-hybridized carbons (Fsp3) is 0.211. The highest BCUT2D eigenvalue weighted by atomic mass is 19.1. The Balaban J connectivity index is 1.27. The molecule has 2 aromatic carbocycles. The lowest BCUT2D eigenvalue weighted by Crippen LogP contribution is -2.23. The van der Waals surface area contributed by atoms with Crippen molar-refractivity contribution in [2.45, 2.75) is 19.4 Å². The fourth-order valence-corrected chi connectivity index (χ4v) is 2.66. The van der Waals surface area contributed by atoms with E-state index in [0.717, 1.165) is 11.3 Å². The number of rotatable bonds is 6. The van der Waals surface area contributed by atoms with Crippen LogP contribution in [-0.4, -0.2) is 22.8 Å². The lowest BCUT2D eigenvalue weighted by molar-refractivity contribution is -0.121. The average molecular weight is 369 g/mol. The number of carbonyl (C=O) groups excluding carboxylic acids is 1. The Morgan fingerprint density at radius 1 is 1.11 bits per heavy atom. The van der Waals surface area contributed by atoms with Crippen LogP contribution >= 0.6 is 0 Å². The molecule has 0 fully saturated rings. The van der Waals surface area contributed by atoms with Crippen molar-refractivity contribution in [1.29, 1.82) is 0 Å². The van der Waals surface area contributed by atoms with E-state index in [1.807, 2.05) is 18.2 Å². The van der Waals surface area contributed by atoms with Crippen molar-refractivity contribution >= 4 is 5.91 Å². The van der Waals surface area contributed by atoms with E-state index in [-0.39, 0.29) is 31.0 Å². The van der Waals surface area contributed by atoms with Crippen LogP contribution in [0.1, 0.15) is 17.9 Å². The van der Waals surface area contributed by atoms with E-state index in [4.69, 9.17) is 14.0 Å². The normalized spacial score (nSPS) is 12.2. The van der Waals surface area contributed by atoms with E-state index in [0.29, 0.717) is 30.0 Å². The number of nitrogens with zero attached hydrogens (tertiary/aromatic N) is 2. The Hall–Kier alpha value is -3.42. The highest BCUT2D eigenvalue weighted by molar-refractivity contribution is 5.76. The molecule has 0 bridgehead atoms. The number of aromatic nitrogens is 2. The van der Waals surface area contributed by atoms with E-state index < -0.39 is 0 Å². The molecular formula is C19H16FN3O4. The second kappa shape index (κ2) is 7.45. The van der Waals surface area contributed by atoms with E-state index in [9.17, 15) is 9.18 Å². The number of amides is 1. The van der Waals surface area contributed by atoms with E-state index in [1.165, 1.54) is 12.1 Å². The third kappa shape index (κ3) is 4.05. The van der Waals surface area contributed by atoms with Crippen LogP contribution < -0.4 is 14.8 Å². The monoisotopic (exact) mass is 369 g/mol. The van der Waals surface area contributed by atoms with Gasteiger partial charge in [0.05, 0.1) is 6.54 Å². The topological polar surface area (TPSA) is 86.5 Å². The van der Waals surface area contributed by atoms with Crippen LogP contribution in [0.5, 0.6) is 11.5 Å². The van der Waals surface area contributed by atoms with Crippen molar-refractivity contribution in [3.63, 3.8) is 0 Å². The van der Waals surface area contributed by atoms with Crippen molar-refractivity contribution in [3.8, 4) is 22.9 Å². The molecule has 7 nitrogen and oxygen atoms in total. The molecule has 8 heteroatoms. The van der Waals surface area contributed by atoms with Gasteiger partial charge in [-0.15, -0.1) is 0 Å². The van der Waals surface area contributed by atoms with Crippen LogP contribution in [0.2, 0.25) is 0 Å². The van der Waals surface area contributed by atoms with Crippen molar-refractivity contribution < 1.29 is 23.2 Å². The Labute approximate surface area is 154 Å². The van der Waals surface area contributed by atoms with Gasteiger partial charge in [-0.05, 0) is 48.4 Å². The maximum Gasteiger partial charge on any atom is 0.246 e. The van der Waals surface area contributed by atoms with E-state index >= 15 is 0 Å². The number of nitrogens with one attached hydrogen (secondary N) is 1. The number of benzene rings is 2. The van der Waals surface area contributed by atoms with Crippen molar-refractivity contribution in [3.05, 3.63) is 59.7 Å². The summed E-state index contributed by atoms with van der Waals surface area (Å²) in [6.07, 6.45) is 0.895. The van der Waals surface area contributed by atoms with Crippen molar-refractivity contribution in [1.82, 2.24) is 15.5 Å². The summed E-state index contributed by atoms with van der Waals surface area (Å²) >= 11 is 0.